The van der Waals surface area contributed by atoms with Crippen molar-refractivity contribution in [3.8, 4) is 0 Å². The van der Waals surface area contributed by atoms with Crippen LogP contribution in [0.2, 0.25) is 0 Å². The molecule has 1 amide bonds. The molecule has 21 heavy (non-hydrogen) atoms. The maximum atomic E-state index is 11.8. The summed E-state index contributed by atoms with van der Waals surface area (Å²) in [7, 11) is -3.37. The summed E-state index contributed by atoms with van der Waals surface area (Å²) in [5, 5.41) is 5.64. The van der Waals surface area contributed by atoms with Gasteiger partial charge in [-0.05, 0) is 5.56 Å². The normalized spacial score (nSPS) is 14.9. The topological polar surface area (TPSA) is 87.3 Å². The van der Waals surface area contributed by atoms with E-state index in [1.807, 2.05) is 30.3 Å². The Hall–Kier alpha value is -1.15. The number of hydrogen-bond acceptors (Lipinski definition) is 4. The lowest BCUT2D eigenvalue weighted by molar-refractivity contribution is -0.126. The van der Waals surface area contributed by atoms with E-state index in [0.717, 1.165) is 5.56 Å². The van der Waals surface area contributed by atoms with E-state index in [-0.39, 0.29) is 43.1 Å². The third-order valence-corrected chi connectivity index (χ3v) is 4.49. The first-order valence-corrected chi connectivity index (χ1v) is 8.22. The molecule has 0 atom stereocenters. The molecule has 0 bridgehead atoms. The summed E-state index contributed by atoms with van der Waals surface area (Å²) >= 11 is 0. The number of rotatable bonds is 7. The molecule has 1 heterocycles. The minimum Gasteiger partial charge on any atom is -0.355 e. The van der Waals surface area contributed by atoms with Gasteiger partial charge in [0, 0.05) is 26.2 Å². The molecule has 1 saturated heterocycles. The van der Waals surface area contributed by atoms with Crippen molar-refractivity contribution in [2.24, 2.45) is 5.92 Å². The van der Waals surface area contributed by atoms with Crippen LogP contribution in [0.15, 0.2) is 30.3 Å². The average molecular weight is 334 g/mol. The Kier molecular flexibility index (Phi) is 7.10. The lowest BCUT2D eigenvalue weighted by Gasteiger charge is -2.25. The van der Waals surface area contributed by atoms with E-state index in [1.54, 1.807) is 0 Å². The maximum Gasteiger partial charge on any atom is 0.225 e. The first-order valence-electron chi connectivity index (χ1n) is 6.56. The highest BCUT2D eigenvalue weighted by atomic mass is 35.5. The van der Waals surface area contributed by atoms with Crippen molar-refractivity contribution >= 4 is 28.3 Å². The highest BCUT2D eigenvalue weighted by molar-refractivity contribution is 7.89. The van der Waals surface area contributed by atoms with Crippen molar-refractivity contribution < 1.29 is 13.2 Å². The molecule has 8 heteroatoms. The van der Waals surface area contributed by atoms with Gasteiger partial charge in [-0.15, -0.1) is 12.4 Å². The van der Waals surface area contributed by atoms with E-state index in [4.69, 9.17) is 0 Å². The van der Waals surface area contributed by atoms with Crippen molar-refractivity contribution in [1.82, 2.24) is 15.4 Å². The van der Waals surface area contributed by atoms with E-state index < -0.39 is 10.0 Å². The molecular formula is C13H20ClN3O3S. The number of benzene rings is 1. The Morgan fingerprint density at radius 1 is 1.24 bits per heavy atom. The van der Waals surface area contributed by atoms with Crippen LogP contribution in [0.1, 0.15) is 5.56 Å². The maximum absolute atomic E-state index is 11.8. The van der Waals surface area contributed by atoms with Gasteiger partial charge < -0.3 is 10.6 Å². The second-order valence-electron chi connectivity index (χ2n) is 4.77. The number of hydrogen-bond donors (Lipinski definition) is 3. The Bertz CT molecular complexity index is 547. The van der Waals surface area contributed by atoms with Gasteiger partial charge in [-0.3, -0.25) is 4.79 Å². The average Bonchev–Trinajstić information content (AvgIpc) is 2.35. The van der Waals surface area contributed by atoms with Crippen LogP contribution in [0.3, 0.4) is 0 Å². The van der Waals surface area contributed by atoms with Crippen molar-refractivity contribution in [3.05, 3.63) is 35.9 Å². The largest absolute Gasteiger partial charge is 0.355 e. The SMILES string of the molecule is Cl.O=C(NCCS(=O)(=O)NCc1ccccc1)C1CNC1. The van der Waals surface area contributed by atoms with Crippen LogP contribution in [0.5, 0.6) is 0 Å². The highest BCUT2D eigenvalue weighted by Crippen LogP contribution is 2.02. The fourth-order valence-corrected chi connectivity index (χ4v) is 2.69. The Morgan fingerprint density at radius 3 is 2.48 bits per heavy atom. The van der Waals surface area contributed by atoms with Crippen LogP contribution in [0.4, 0.5) is 0 Å². The number of carbonyl (C=O) groups is 1. The second kappa shape index (κ2) is 8.33. The molecule has 6 nitrogen and oxygen atoms in total. The monoisotopic (exact) mass is 333 g/mol. The first kappa shape index (κ1) is 17.9. The fourth-order valence-electron chi connectivity index (χ4n) is 1.79. The third kappa shape index (κ3) is 6.01. The van der Waals surface area contributed by atoms with Crippen LogP contribution < -0.4 is 15.4 Å². The Morgan fingerprint density at radius 2 is 1.90 bits per heavy atom. The standard InChI is InChI=1S/C13H19N3O3S.ClH/c17-13(12-9-14-10-12)15-6-7-20(18,19)16-8-11-4-2-1-3-5-11;/h1-5,12,14,16H,6-10H2,(H,15,17);1H. The van der Waals surface area contributed by atoms with Gasteiger partial charge in [0.1, 0.15) is 0 Å². The number of carbonyl (C=O) groups excluding carboxylic acids is 1. The zero-order valence-electron chi connectivity index (χ0n) is 11.5. The van der Waals surface area contributed by atoms with E-state index in [2.05, 4.69) is 15.4 Å². The molecule has 0 radical (unpaired) electrons. The molecule has 118 valence electrons. The number of amides is 1. The summed E-state index contributed by atoms with van der Waals surface area (Å²) in [6.07, 6.45) is 0. The Labute approximate surface area is 131 Å². The van der Waals surface area contributed by atoms with E-state index >= 15 is 0 Å². The van der Waals surface area contributed by atoms with Gasteiger partial charge in [0.15, 0.2) is 0 Å². The molecule has 1 aliphatic heterocycles. The molecule has 0 unspecified atom stereocenters. The van der Waals surface area contributed by atoms with Gasteiger partial charge in [-0.2, -0.15) is 0 Å². The first-order chi connectivity index (χ1) is 9.57. The van der Waals surface area contributed by atoms with Crippen LogP contribution in [-0.4, -0.2) is 39.7 Å². The predicted molar refractivity (Wildman–Crippen MR) is 83.7 cm³/mol. The van der Waals surface area contributed by atoms with E-state index in [1.165, 1.54) is 0 Å². The minimum atomic E-state index is -3.37. The van der Waals surface area contributed by atoms with Gasteiger partial charge in [-0.1, -0.05) is 30.3 Å². The van der Waals surface area contributed by atoms with E-state index in [9.17, 15) is 13.2 Å². The van der Waals surface area contributed by atoms with Gasteiger partial charge in [-0.25, -0.2) is 13.1 Å². The van der Waals surface area contributed by atoms with Crippen molar-refractivity contribution in [2.45, 2.75) is 6.54 Å². The molecule has 3 N–H and O–H groups in total. The van der Waals surface area contributed by atoms with Crippen LogP contribution >= 0.6 is 12.4 Å². The second-order valence-corrected chi connectivity index (χ2v) is 6.70. The minimum absolute atomic E-state index is 0. The van der Waals surface area contributed by atoms with Crippen LogP contribution in [0, 0.1) is 5.92 Å². The summed E-state index contributed by atoms with van der Waals surface area (Å²) in [5.41, 5.74) is 0.903. The van der Waals surface area contributed by atoms with Crippen LogP contribution in [-0.2, 0) is 21.4 Å². The third-order valence-electron chi connectivity index (χ3n) is 3.16. The zero-order chi connectivity index (χ0) is 14.4. The lowest BCUT2D eigenvalue weighted by Crippen LogP contribution is -2.51. The molecule has 1 aromatic rings. The number of halogens is 1. The molecule has 1 aliphatic rings. The molecule has 0 aliphatic carbocycles. The molecule has 0 aromatic heterocycles. The molecule has 0 saturated carbocycles. The van der Waals surface area contributed by atoms with E-state index in [0.29, 0.717) is 13.1 Å². The Balaban J connectivity index is 0.00000220. The summed E-state index contributed by atoms with van der Waals surface area (Å²) in [6, 6.07) is 9.30. The molecular weight excluding hydrogens is 314 g/mol. The summed E-state index contributed by atoms with van der Waals surface area (Å²) in [6.45, 7) is 1.75. The van der Waals surface area contributed by atoms with Crippen LogP contribution in [0.25, 0.3) is 0 Å². The van der Waals surface area contributed by atoms with Gasteiger partial charge >= 0.3 is 0 Å². The summed E-state index contributed by atoms with van der Waals surface area (Å²) in [4.78, 5) is 11.5. The quantitative estimate of drug-likeness (QED) is 0.648. The fraction of sp³-hybridized carbons (Fsp3) is 0.462. The van der Waals surface area contributed by atoms with Crippen molar-refractivity contribution in [3.63, 3.8) is 0 Å². The van der Waals surface area contributed by atoms with Crippen molar-refractivity contribution in [1.29, 1.82) is 0 Å². The van der Waals surface area contributed by atoms with Crippen molar-refractivity contribution in [2.75, 3.05) is 25.4 Å². The molecule has 0 spiro atoms. The number of nitrogens with one attached hydrogen (secondary N) is 3. The highest BCUT2D eigenvalue weighted by Gasteiger charge is 2.24. The molecule has 2 rings (SSSR count). The zero-order valence-corrected chi connectivity index (χ0v) is 13.2. The van der Waals surface area contributed by atoms with Gasteiger partial charge in [0.05, 0.1) is 11.7 Å². The summed E-state index contributed by atoms with van der Waals surface area (Å²) < 4.78 is 26.0. The smallest absolute Gasteiger partial charge is 0.225 e. The predicted octanol–water partition coefficient (Wildman–Crippen LogP) is -0.137. The molecule has 1 aromatic carbocycles. The summed E-state index contributed by atoms with van der Waals surface area (Å²) in [5.74, 6) is -0.205. The van der Waals surface area contributed by atoms with Gasteiger partial charge in [0.2, 0.25) is 15.9 Å². The van der Waals surface area contributed by atoms with Gasteiger partial charge in [0.25, 0.3) is 0 Å². The molecule has 1 fully saturated rings. The lowest BCUT2D eigenvalue weighted by atomic mass is 10.0. The number of sulfonamides is 1.